The topological polar surface area (TPSA) is 41.5 Å². The van der Waals surface area contributed by atoms with Crippen LogP contribution in [-0.2, 0) is 10.2 Å². The molecule has 92 valence electrons. The molecule has 3 nitrogen and oxygen atoms in total. The summed E-state index contributed by atoms with van der Waals surface area (Å²) < 4.78 is 0. The Bertz CT molecular complexity index is 407. The number of amides is 1. The third kappa shape index (κ3) is 4.39. The Labute approximate surface area is 103 Å². The van der Waals surface area contributed by atoms with Crippen LogP contribution in [0.5, 0.6) is 0 Å². The van der Waals surface area contributed by atoms with Crippen LogP contribution in [0.25, 0.3) is 0 Å². The summed E-state index contributed by atoms with van der Waals surface area (Å²) in [4.78, 5) is 10.8. The molecule has 1 aromatic rings. The van der Waals surface area contributed by atoms with Crippen LogP contribution in [0.3, 0.4) is 0 Å². The van der Waals surface area contributed by atoms with Crippen LogP contribution in [0.1, 0.15) is 39.7 Å². The average molecular weight is 232 g/mol. The number of hydrogen-bond acceptors (Lipinski definition) is 2. The van der Waals surface area contributed by atoms with Gasteiger partial charge in [0.15, 0.2) is 0 Å². The fourth-order valence-corrected chi connectivity index (χ4v) is 1.84. The van der Waals surface area contributed by atoms with Crippen molar-refractivity contribution in [2.24, 2.45) is 5.10 Å². The molecule has 0 bridgehead atoms. The molecule has 0 fully saturated rings. The average Bonchev–Trinajstić information content (AvgIpc) is 2.27. The molecule has 1 N–H and O–H groups in total. The number of hydrazone groups is 1. The molecule has 0 spiro atoms. The Balaban J connectivity index is 2.73. The lowest BCUT2D eigenvalue weighted by Gasteiger charge is -2.25. The predicted octanol–water partition coefficient (Wildman–Crippen LogP) is 2.87. The van der Waals surface area contributed by atoms with E-state index in [4.69, 9.17) is 0 Å². The van der Waals surface area contributed by atoms with Gasteiger partial charge in [-0.25, -0.2) is 5.43 Å². The lowest BCUT2D eigenvalue weighted by molar-refractivity contribution is -0.118. The van der Waals surface area contributed by atoms with Crippen LogP contribution in [0.15, 0.2) is 35.4 Å². The predicted molar refractivity (Wildman–Crippen MR) is 71.0 cm³/mol. The molecule has 0 aliphatic heterocycles. The lowest BCUT2D eigenvalue weighted by atomic mass is 9.80. The smallest absolute Gasteiger partial charge is 0.236 e. The molecule has 3 heteroatoms. The number of carbonyl (C=O) groups excluding carboxylic acids is 1. The van der Waals surface area contributed by atoms with Crippen molar-refractivity contribution in [3.8, 4) is 0 Å². The molecule has 0 aliphatic rings. The van der Waals surface area contributed by atoms with Gasteiger partial charge in [-0.2, -0.15) is 5.10 Å². The van der Waals surface area contributed by atoms with Crippen molar-refractivity contribution in [1.29, 1.82) is 0 Å². The monoisotopic (exact) mass is 232 g/mol. The van der Waals surface area contributed by atoms with E-state index >= 15 is 0 Å². The summed E-state index contributed by atoms with van der Waals surface area (Å²) in [5, 5.41) is 4.05. The standard InChI is InChI=1S/C14H20N2O/c1-11(15-16-12(2)17)10-14(3,4)13-8-6-5-7-9-13/h5-9H,10H2,1-4H3,(H,16,17)/b15-11-. The highest BCUT2D eigenvalue weighted by molar-refractivity contribution is 5.84. The first kappa shape index (κ1) is 13.4. The first-order valence-corrected chi connectivity index (χ1v) is 5.77. The van der Waals surface area contributed by atoms with Crippen LogP contribution in [0, 0.1) is 0 Å². The molecule has 0 saturated heterocycles. The molecule has 1 aromatic carbocycles. The van der Waals surface area contributed by atoms with Crippen LogP contribution in [0.2, 0.25) is 0 Å². The van der Waals surface area contributed by atoms with E-state index in [1.54, 1.807) is 0 Å². The highest BCUT2D eigenvalue weighted by atomic mass is 16.2. The van der Waals surface area contributed by atoms with Gasteiger partial charge in [-0.15, -0.1) is 0 Å². The molecule has 0 unspecified atom stereocenters. The van der Waals surface area contributed by atoms with Crippen molar-refractivity contribution in [2.75, 3.05) is 0 Å². The third-order valence-electron chi connectivity index (χ3n) is 2.66. The van der Waals surface area contributed by atoms with E-state index in [-0.39, 0.29) is 11.3 Å². The van der Waals surface area contributed by atoms with Crippen LogP contribution in [-0.4, -0.2) is 11.6 Å². The summed E-state index contributed by atoms with van der Waals surface area (Å²) in [6, 6.07) is 10.3. The minimum atomic E-state index is -0.137. The van der Waals surface area contributed by atoms with E-state index in [0.717, 1.165) is 12.1 Å². The number of rotatable bonds is 4. The van der Waals surface area contributed by atoms with Gasteiger partial charge in [0.2, 0.25) is 5.91 Å². The molecule has 1 amide bonds. The maximum absolute atomic E-state index is 10.8. The number of benzene rings is 1. The minimum absolute atomic E-state index is 0.0211. The minimum Gasteiger partial charge on any atom is -0.274 e. The lowest BCUT2D eigenvalue weighted by Crippen LogP contribution is -2.23. The summed E-state index contributed by atoms with van der Waals surface area (Å²) in [5.41, 5.74) is 4.69. The molecule has 0 aromatic heterocycles. The van der Waals surface area contributed by atoms with Gasteiger partial charge in [0.05, 0.1) is 0 Å². The second-order valence-corrected chi connectivity index (χ2v) is 4.94. The maximum atomic E-state index is 10.8. The van der Waals surface area contributed by atoms with Crippen molar-refractivity contribution in [1.82, 2.24) is 5.43 Å². The second kappa shape index (κ2) is 5.62. The summed E-state index contributed by atoms with van der Waals surface area (Å²) in [7, 11) is 0. The normalized spacial score (nSPS) is 12.4. The Hall–Kier alpha value is -1.64. The van der Waals surface area contributed by atoms with Crippen molar-refractivity contribution < 1.29 is 4.79 Å². The quantitative estimate of drug-likeness (QED) is 0.629. The van der Waals surface area contributed by atoms with E-state index in [9.17, 15) is 4.79 Å². The van der Waals surface area contributed by atoms with Gasteiger partial charge < -0.3 is 0 Å². The Kier molecular flexibility index (Phi) is 4.44. The summed E-state index contributed by atoms with van der Waals surface area (Å²) in [6.45, 7) is 7.74. The Morgan fingerprint density at radius 2 is 1.82 bits per heavy atom. The molecule has 0 aliphatic carbocycles. The van der Waals surface area contributed by atoms with Crippen LogP contribution >= 0.6 is 0 Å². The Morgan fingerprint density at radius 3 is 2.35 bits per heavy atom. The molecule has 0 heterocycles. The van der Waals surface area contributed by atoms with Crippen molar-refractivity contribution in [3.05, 3.63) is 35.9 Å². The molecule has 0 radical (unpaired) electrons. The summed E-state index contributed by atoms with van der Waals surface area (Å²) >= 11 is 0. The number of nitrogens with zero attached hydrogens (tertiary/aromatic N) is 1. The molecule has 17 heavy (non-hydrogen) atoms. The highest BCUT2D eigenvalue weighted by Crippen LogP contribution is 2.26. The SMILES string of the molecule is CC(=O)N/N=C(/C)CC(C)(C)c1ccccc1. The van der Waals surface area contributed by atoms with Crippen molar-refractivity contribution in [2.45, 2.75) is 39.5 Å². The van der Waals surface area contributed by atoms with Crippen molar-refractivity contribution >= 4 is 11.6 Å². The van der Waals surface area contributed by atoms with Gasteiger partial charge in [0.25, 0.3) is 0 Å². The van der Waals surface area contributed by atoms with Gasteiger partial charge in [0.1, 0.15) is 0 Å². The summed E-state index contributed by atoms with van der Waals surface area (Å²) in [6.07, 6.45) is 0.817. The van der Waals surface area contributed by atoms with Crippen LogP contribution in [0.4, 0.5) is 0 Å². The molecular weight excluding hydrogens is 212 g/mol. The molecule has 0 atom stereocenters. The first-order chi connectivity index (χ1) is 7.92. The van der Waals surface area contributed by atoms with Crippen LogP contribution < -0.4 is 5.43 Å². The van der Waals surface area contributed by atoms with E-state index in [2.05, 4.69) is 36.5 Å². The zero-order chi connectivity index (χ0) is 12.9. The largest absolute Gasteiger partial charge is 0.274 e. The second-order valence-electron chi connectivity index (χ2n) is 4.94. The van der Waals surface area contributed by atoms with E-state index in [0.29, 0.717) is 0 Å². The molecule has 1 rings (SSSR count). The maximum Gasteiger partial charge on any atom is 0.236 e. The number of carbonyl (C=O) groups is 1. The van der Waals surface area contributed by atoms with Gasteiger partial charge >= 0.3 is 0 Å². The van der Waals surface area contributed by atoms with Gasteiger partial charge in [0, 0.05) is 12.6 Å². The zero-order valence-corrected chi connectivity index (χ0v) is 10.9. The summed E-state index contributed by atoms with van der Waals surface area (Å²) in [5.74, 6) is -0.137. The number of hydrogen-bond donors (Lipinski definition) is 1. The van der Waals surface area contributed by atoms with Gasteiger partial charge in [-0.1, -0.05) is 44.2 Å². The molecule has 0 saturated carbocycles. The first-order valence-electron chi connectivity index (χ1n) is 5.77. The van der Waals surface area contributed by atoms with Gasteiger partial charge in [-0.05, 0) is 24.3 Å². The fraction of sp³-hybridized carbons (Fsp3) is 0.429. The molecular formula is C14H20N2O. The van der Waals surface area contributed by atoms with Gasteiger partial charge in [-0.3, -0.25) is 4.79 Å². The zero-order valence-electron chi connectivity index (χ0n) is 10.9. The van der Waals surface area contributed by atoms with E-state index < -0.39 is 0 Å². The van der Waals surface area contributed by atoms with E-state index in [1.807, 2.05) is 25.1 Å². The Morgan fingerprint density at radius 1 is 1.24 bits per heavy atom. The fourth-order valence-electron chi connectivity index (χ4n) is 1.84. The van der Waals surface area contributed by atoms with E-state index in [1.165, 1.54) is 12.5 Å². The number of nitrogens with one attached hydrogen (secondary N) is 1. The highest BCUT2D eigenvalue weighted by Gasteiger charge is 2.21. The van der Waals surface area contributed by atoms with Crippen molar-refractivity contribution in [3.63, 3.8) is 0 Å². The third-order valence-corrected chi connectivity index (χ3v) is 2.66.